The SMILES string of the molecule is CC(C)C(C)C(=O)NC(CC(=O)O)c1ccc(OC(F)(F)F)cc1. The van der Waals surface area contributed by atoms with Gasteiger partial charge in [-0.2, -0.15) is 0 Å². The molecule has 2 unspecified atom stereocenters. The Kier molecular flexibility index (Phi) is 6.62. The number of alkyl halides is 3. The maximum Gasteiger partial charge on any atom is 0.573 e. The van der Waals surface area contributed by atoms with Crippen LogP contribution in [0.4, 0.5) is 13.2 Å². The molecule has 1 amide bonds. The van der Waals surface area contributed by atoms with Crippen LogP contribution in [0.5, 0.6) is 5.75 Å². The molecule has 2 atom stereocenters. The Morgan fingerprint density at radius 2 is 1.71 bits per heavy atom. The molecule has 1 rings (SSSR count). The summed E-state index contributed by atoms with van der Waals surface area (Å²) in [5, 5.41) is 11.6. The van der Waals surface area contributed by atoms with Gasteiger partial charge in [0.15, 0.2) is 0 Å². The molecule has 0 bridgehead atoms. The van der Waals surface area contributed by atoms with Gasteiger partial charge in [0.1, 0.15) is 5.75 Å². The normalized spacial score (nSPS) is 14.1. The van der Waals surface area contributed by atoms with E-state index in [2.05, 4.69) is 10.1 Å². The Balaban J connectivity index is 2.92. The molecule has 0 saturated carbocycles. The Morgan fingerprint density at radius 1 is 1.17 bits per heavy atom. The zero-order valence-electron chi connectivity index (χ0n) is 13.6. The molecule has 0 fully saturated rings. The fourth-order valence-corrected chi connectivity index (χ4v) is 1.93. The summed E-state index contributed by atoms with van der Waals surface area (Å²) in [6.45, 7) is 5.44. The van der Waals surface area contributed by atoms with Crippen molar-refractivity contribution in [2.45, 2.75) is 39.6 Å². The maximum atomic E-state index is 12.2. The third-order valence-corrected chi connectivity index (χ3v) is 3.62. The first-order chi connectivity index (χ1) is 11.0. The maximum absolute atomic E-state index is 12.2. The number of carbonyl (C=O) groups is 2. The van der Waals surface area contributed by atoms with E-state index < -0.39 is 24.1 Å². The highest BCUT2D eigenvalue weighted by Crippen LogP contribution is 2.26. The van der Waals surface area contributed by atoms with Crippen molar-refractivity contribution in [1.29, 1.82) is 0 Å². The molecule has 24 heavy (non-hydrogen) atoms. The summed E-state index contributed by atoms with van der Waals surface area (Å²) >= 11 is 0. The number of benzene rings is 1. The summed E-state index contributed by atoms with van der Waals surface area (Å²) < 4.78 is 40.2. The van der Waals surface area contributed by atoms with E-state index in [-0.39, 0.29) is 24.2 Å². The Hall–Kier alpha value is -2.25. The van der Waals surface area contributed by atoms with Crippen molar-refractivity contribution in [3.8, 4) is 5.75 Å². The number of hydrogen-bond donors (Lipinski definition) is 2. The number of nitrogens with one attached hydrogen (secondary N) is 1. The Labute approximate surface area is 137 Å². The third kappa shape index (κ3) is 6.47. The van der Waals surface area contributed by atoms with Crippen molar-refractivity contribution in [2.24, 2.45) is 11.8 Å². The van der Waals surface area contributed by atoms with Crippen LogP contribution < -0.4 is 10.1 Å². The molecule has 0 aliphatic carbocycles. The van der Waals surface area contributed by atoms with Crippen LogP contribution in [0.1, 0.15) is 38.8 Å². The molecular formula is C16H20F3NO4. The van der Waals surface area contributed by atoms with E-state index in [9.17, 15) is 22.8 Å². The number of carboxylic acids is 1. The molecule has 5 nitrogen and oxygen atoms in total. The lowest BCUT2D eigenvalue weighted by molar-refractivity contribution is -0.274. The van der Waals surface area contributed by atoms with Gasteiger partial charge in [0, 0.05) is 5.92 Å². The van der Waals surface area contributed by atoms with E-state index >= 15 is 0 Å². The van der Waals surface area contributed by atoms with E-state index in [1.165, 1.54) is 12.1 Å². The van der Waals surface area contributed by atoms with Crippen LogP contribution in [-0.2, 0) is 9.59 Å². The van der Waals surface area contributed by atoms with Crippen molar-refractivity contribution in [1.82, 2.24) is 5.32 Å². The first-order valence-electron chi connectivity index (χ1n) is 7.37. The van der Waals surface area contributed by atoms with Crippen LogP contribution >= 0.6 is 0 Å². The molecule has 0 saturated heterocycles. The molecule has 0 spiro atoms. The Morgan fingerprint density at radius 3 is 2.12 bits per heavy atom. The number of amides is 1. The zero-order valence-corrected chi connectivity index (χ0v) is 13.6. The van der Waals surface area contributed by atoms with Gasteiger partial charge in [-0.1, -0.05) is 32.9 Å². The predicted octanol–water partition coefficient (Wildman–Crippen LogP) is 3.51. The summed E-state index contributed by atoms with van der Waals surface area (Å²) in [5.74, 6) is -2.12. The van der Waals surface area contributed by atoms with Crippen LogP contribution in [-0.4, -0.2) is 23.3 Å². The standard InChI is InChI=1S/C16H20F3NO4/c1-9(2)10(3)15(23)20-13(8-14(21)22)11-4-6-12(7-5-11)24-16(17,18)19/h4-7,9-10,13H,8H2,1-3H3,(H,20,23)(H,21,22). The van der Waals surface area contributed by atoms with Gasteiger partial charge in [-0.05, 0) is 23.6 Å². The highest BCUT2D eigenvalue weighted by atomic mass is 19.4. The molecule has 0 heterocycles. The molecule has 0 aliphatic heterocycles. The van der Waals surface area contributed by atoms with Crippen molar-refractivity contribution in [2.75, 3.05) is 0 Å². The van der Waals surface area contributed by atoms with E-state index in [4.69, 9.17) is 5.11 Å². The molecule has 8 heteroatoms. The van der Waals surface area contributed by atoms with Gasteiger partial charge in [-0.25, -0.2) is 0 Å². The van der Waals surface area contributed by atoms with Crippen LogP contribution in [0.25, 0.3) is 0 Å². The predicted molar refractivity (Wildman–Crippen MR) is 80.3 cm³/mol. The van der Waals surface area contributed by atoms with E-state index in [0.717, 1.165) is 12.1 Å². The van der Waals surface area contributed by atoms with Crippen LogP contribution in [0.15, 0.2) is 24.3 Å². The zero-order chi connectivity index (χ0) is 18.5. The fourth-order valence-electron chi connectivity index (χ4n) is 1.93. The summed E-state index contributed by atoms with van der Waals surface area (Å²) in [7, 11) is 0. The molecule has 0 aliphatic rings. The molecule has 2 N–H and O–H groups in total. The topological polar surface area (TPSA) is 75.6 Å². The van der Waals surface area contributed by atoms with E-state index in [1.54, 1.807) is 6.92 Å². The average molecular weight is 347 g/mol. The first-order valence-corrected chi connectivity index (χ1v) is 7.37. The number of carbonyl (C=O) groups excluding carboxylic acids is 1. The van der Waals surface area contributed by atoms with Gasteiger partial charge in [0.25, 0.3) is 0 Å². The number of rotatable bonds is 7. The van der Waals surface area contributed by atoms with Gasteiger partial charge in [0.2, 0.25) is 5.91 Å². The van der Waals surface area contributed by atoms with Crippen molar-refractivity contribution < 1.29 is 32.6 Å². The summed E-state index contributed by atoms with van der Waals surface area (Å²) in [4.78, 5) is 23.1. The van der Waals surface area contributed by atoms with Crippen LogP contribution in [0, 0.1) is 11.8 Å². The molecule has 0 aromatic heterocycles. The second kappa shape index (κ2) is 8.03. The van der Waals surface area contributed by atoms with E-state index in [1.807, 2.05) is 13.8 Å². The van der Waals surface area contributed by atoms with Crippen molar-refractivity contribution in [3.05, 3.63) is 29.8 Å². The molecule has 0 radical (unpaired) electrons. The van der Waals surface area contributed by atoms with Crippen LogP contribution in [0.3, 0.4) is 0 Å². The van der Waals surface area contributed by atoms with Gasteiger partial charge >= 0.3 is 12.3 Å². The minimum atomic E-state index is -4.80. The van der Waals surface area contributed by atoms with Gasteiger partial charge in [0.05, 0.1) is 12.5 Å². The second-order valence-electron chi connectivity index (χ2n) is 5.81. The lowest BCUT2D eigenvalue weighted by atomic mass is 9.95. The van der Waals surface area contributed by atoms with Crippen molar-refractivity contribution >= 4 is 11.9 Å². The lowest BCUT2D eigenvalue weighted by Crippen LogP contribution is -2.35. The van der Waals surface area contributed by atoms with E-state index in [0.29, 0.717) is 5.56 Å². The lowest BCUT2D eigenvalue weighted by Gasteiger charge is -2.22. The quantitative estimate of drug-likeness (QED) is 0.791. The number of aliphatic carboxylic acids is 1. The molecular weight excluding hydrogens is 327 g/mol. The van der Waals surface area contributed by atoms with Crippen molar-refractivity contribution in [3.63, 3.8) is 0 Å². The average Bonchev–Trinajstić information content (AvgIpc) is 2.44. The number of carboxylic acid groups (broad SMARTS) is 1. The minimum absolute atomic E-state index is 0.0676. The third-order valence-electron chi connectivity index (χ3n) is 3.62. The highest BCUT2D eigenvalue weighted by Gasteiger charge is 2.31. The summed E-state index contributed by atoms with van der Waals surface area (Å²) in [5.41, 5.74) is 0.385. The molecule has 1 aromatic carbocycles. The van der Waals surface area contributed by atoms with Gasteiger partial charge < -0.3 is 15.2 Å². The van der Waals surface area contributed by atoms with Gasteiger partial charge in [-0.3, -0.25) is 9.59 Å². The number of ether oxygens (including phenoxy) is 1. The largest absolute Gasteiger partial charge is 0.573 e. The Bertz CT molecular complexity index is 570. The van der Waals surface area contributed by atoms with Crippen LogP contribution in [0.2, 0.25) is 0 Å². The first kappa shape index (κ1) is 19.8. The number of hydrogen-bond acceptors (Lipinski definition) is 3. The smallest absolute Gasteiger partial charge is 0.481 e. The number of halogens is 3. The molecule has 134 valence electrons. The second-order valence-corrected chi connectivity index (χ2v) is 5.81. The summed E-state index contributed by atoms with van der Waals surface area (Å²) in [6, 6.07) is 3.92. The monoisotopic (exact) mass is 347 g/mol. The van der Waals surface area contributed by atoms with Gasteiger partial charge in [-0.15, -0.1) is 13.2 Å². The fraction of sp³-hybridized carbons (Fsp3) is 0.500. The highest BCUT2D eigenvalue weighted by molar-refractivity contribution is 5.80. The minimum Gasteiger partial charge on any atom is -0.481 e. The summed E-state index contributed by atoms with van der Waals surface area (Å²) in [6.07, 6.45) is -5.18. The molecule has 1 aromatic rings.